The maximum Gasteiger partial charge on any atom is 0.175 e. The maximum atomic E-state index is 11.7. The third-order valence-corrected chi connectivity index (χ3v) is 7.46. The molecule has 1 fully saturated rings. The molecule has 1 aliphatic rings. The molecule has 7 heteroatoms. The predicted molar refractivity (Wildman–Crippen MR) is 129 cm³/mol. The zero-order valence-electron chi connectivity index (χ0n) is 19.1. The van der Waals surface area contributed by atoms with E-state index in [2.05, 4.69) is 65.0 Å². The van der Waals surface area contributed by atoms with Gasteiger partial charge in [0.1, 0.15) is 0 Å². The summed E-state index contributed by atoms with van der Waals surface area (Å²) in [5.41, 5.74) is 5.69. The molecule has 1 aliphatic heterocycles. The Labute approximate surface area is 190 Å². The molecule has 1 saturated heterocycles. The van der Waals surface area contributed by atoms with Crippen molar-refractivity contribution >= 4 is 21.3 Å². The number of anilines is 2. The molecule has 2 aromatic carbocycles. The van der Waals surface area contributed by atoms with Crippen LogP contribution in [0.2, 0.25) is 0 Å². The number of hydrogen-bond donors (Lipinski definition) is 0. The summed E-state index contributed by atoms with van der Waals surface area (Å²) in [7, 11) is -3.18. The molecule has 1 atom stereocenters. The second kappa shape index (κ2) is 8.90. The van der Waals surface area contributed by atoms with Crippen LogP contribution in [-0.4, -0.2) is 50.5 Å². The van der Waals surface area contributed by atoms with E-state index in [0.717, 1.165) is 43.3 Å². The maximum absolute atomic E-state index is 11.7. The number of sulfone groups is 1. The lowest BCUT2D eigenvalue weighted by Gasteiger charge is -2.42. The van der Waals surface area contributed by atoms with Gasteiger partial charge in [-0.15, -0.1) is 5.10 Å². The number of piperazine rings is 1. The predicted octanol–water partition coefficient (Wildman–Crippen LogP) is 3.80. The van der Waals surface area contributed by atoms with Crippen LogP contribution < -0.4 is 9.80 Å². The van der Waals surface area contributed by atoms with Crippen LogP contribution in [0.4, 0.5) is 11.5 Å². The number of hydrogen-bond acceptors (Lipinski definition) is 6. The largest absolute Gasteiger partial charge is 0.365 e. The van der Waals surface area contributed by atoms with Crippen molar-refractivity contribution < 1.29 is 8.42 Å². The van der Waals surface area contributed by atoms with E-state index in [0.29, 0.717) is 4.90 Å². The summed E-state index contributed by atoms with van der Waals surface area (Å²) in [6.07, 6.45) is 2.02. The average Bonchev–Trinajstić information content (AvgIpc) is 2.77. The topological polar surface area (TPSA) is 66.4 Å². The van der Waals surface area contributed by atoms with E-state index in [1.54, 1.807) is 12.1 Å². The molecule has 0 unspecified atom stereocenters. The highest BCUT2D eigenvalue weighted by atomic mass is 32.2. The van der Waals surface area contributed by atoms with Gasteiger partial charge in [-0.1, -0.05) is 30.3 Å². The van der Waals surface area contributed by atoms with E-state index in [9.17, 15) is 8.42 Å². The van der Waals surface area contributed by atoms with E-state index in [1.807, 2.05) is 18.2 Å². The molecular weight excluding hydrogens is 420 g/mol. The second-order valence-electron chi connectivity index (χ2n) is 8.64. The first-order valence-electron chi connectivity index (χ1n) is 10.9. The molecule has 0 saturated carbocycles. The summed E-state index contributed by atoms with van der Waals surface area (Å²) in [4.78, 5) is 4.99. The summed E-state index contributed by atoms with van der Waals surface area (Å²) >= 11 is 0. The molecule has 3 aromatic rings. The highest BCUT2D eigenvalue weighted by Crippen LogP contribution is 2.28. The Hall–Kier alpha value is -2.93. The Bertz CT molecular complexity index is 1190. The normalized spacial score (nSPS) is 16.9. The third kappa shape index (κ3) is 4.63. The van der Waals surface area contributed by atoms with E-state index in [-0.39, 0.29) is 6.04 Å². The molecular formula is C25H30N4O2S. The molecule has 6 nitrogen and oxygen atoms in total. The van der Waals surface area contributed by atoms with Crippen LogP contribution in [0.25, 0.3) is 0 Å². The van der Waals surface area contributed by atoms with Gasteiger partial charge in [-0.3, -0.25) is 0 Å². The Morgan fingerprint density at radius 3 is 2.25 bits per heavy atom. The lowest BCUT2D eigenvalue weighted by Crippen LogP contribution is -2.52. The van der Waals surface area contributed by atoms with Gasteiger partial charge in [0.25, 0.3) is 0 Å². The van der Waals surface area contributed by atoms with Gasteiger partial charge >= 0.3 is 0 Å². The van der Waals surface area contributed by atoms with E-state index < -0.39 is 9.84 Å². The van der Waals surface area contributed by atoms with Crippen LogP contribution in [0.15, 0.2) is 59.5 Å². The van der Waals surface area contributed by atoms with Crippen LogP contribution in [0, 0.1) is 13.8 Å². The number of rotatable bonds is 5. The minimum absolute atomic E-state index is 0.262. The standard InChI is InChI=1S/C25H30N4O2S/c1-18-17-28(14-15-29(18)22-10-12-23(13-11-22)32(4,30)31)25-20(3)19(2)24(26-27-25)16-21-8-6-5-7-9-21/h5-13,18H,14-17H2,1-4H3/t18-/m1/s1. The summed E-state index contributed by atoms with van der Waals surface area (Å²) in [6.45, 7) is 8.97. The van der Waals surface area contributed by atoms with Crippen molar-refractivity contribution in [3.63, 3.8) is 0 Å². The molecule has 0 N–H and O–H groups in total. The van der Waals surface area contributed by atoms with Crippen LogP contribution in [0.5, 0.6) is 0 Å². The zero-order chi connectivity index (χ0) is 22.9. The van der Waals surface area contributed by atoms with Gasteiger partial charge < -0.3 is 9.80 Å². The third-order valence-electron chi connectivity index (χ3n) is 6.33. The van der Waals surface area contributed by atoms with Gasteiger partial charge in [-0.2, -0.15) is 5.10 Å². The van der Waals surface area contributed by atoms with Crippen molar-refractivity contribution in [3.05, 3.63) is 77.0 Å². The van der Waals surface area contributed by atoms with Crippen molar-refractivity contribution in [1.29, 1.82) is 0 Å². The number of benzene rings is 2. The fourth-order valence-electron chi connectivity index (χ4n) is 4.32. The molecule has 2 heterocycles. The van der Waals surface area contributed by atoms with Crippen molar-refractivity contribution in [3.8, 4) is 0 Å². The SMILES string of the molecule is Cc1c(Cc2ccccc2)nnc(N2CCN(c3ccc(S(C)(=O)=O)cc3)[C@H](C)C2)c1C. The Morgan fingerprint density at radius 1 is 0.938 bits per heavy atom. The van der Waals surface area contributed by atoms with Gasteiger partial charge in [0, 0.05) is 44.0 Å². The van der Waals surface area contributed by atoms with Crippen molar-refractivity contribution in [2.24, 2.45) is 0 Å². The van der Waals surface area contributed by atoms with Crippen molar-refractivity contribution in [2.75, 3.05) is 35.7 Å². The van der Waals surface area contributed by atoms with Crippen LogP contribution >= 0.6 is 0 Å². The molecule has 0 spiro atoms. The van der Waals surface area contributed by atoms with Crippen LogP contribution in [0.1, 0.15) is 29.3 Å². The van der Waals surface area contributed by atoms with E-state index in [4.69, 9.17) is 0 Å². The van der Waals surface area contributed by atoms with Gasteiger partial charge in [0.15, 0.2) is 15.7 Å². The summed E-state index contributed by atoms with van der Waals surface area (Å²) < 4.78 is 23.5. The summed E-state index contributed by atoms with van der Waals surface area (Å²) in [5, 5.41) is 9.20. The molecule has 0 radical (unpaired) electrons. The summed E-state index contributed by atoms with van der Waals surface area (Å²) in [6, 6.07) is 17.8. The first-order chi connectivity index (χ1) is 15.2. The highest BCUT2D eigenvalue weighted by molar-refractivity contribution is 7.90. The van der Waals surface area contributed by atoms with Gasteiger partial charge in [-0.05, 0) is 61.7 Å². The Balaban J connectivity index is 1.49. The highest BCUT2D eigenvalue weighted by Gasteiger charge is 2.27. The van der Waals surface area contributed by atoms with E-state index >= 15 is 0 Å². The van der Waals surface area contributed by atoms with E-state index in [1.165, 1.54) is 22.9 Å². The number of aromatic nitrogens is 2. The first kappa shape index (κ1) is 22.3. The second-order valence-corrected chi connectivity index (χ2v) is 10.7. The van der Waals surface area contributed by atoms with Crippen molar-refractivity contribution in [2.45, 2.75) is 38.1 Å². The fourth-order valence-corrected chi connectivity index (χ4v) is 4.95. The smallest absolute Gasteiger partial charge is 0.175 e. The lowest BCUT2D eigenvalue weighted by atomic mass is 10.0. The van der Waals surface area contributed by atoms with Crippen LogP contribution in [-0.2, 0) is 16.3 Å². The van der Waals surface area contributed by atoms with Gasteiger partial charge in [0.2, 0.25) is 0 Å². The first-order valence-corrected chi connectivity index (χ1v) is 12.8. The minimum atomic E-state index is -3.18. The molecule has 0 amide bonds. The lowest BCUT2D eigenvalue weighted by molar-refractivity contribution is 0.544. The minimum Gasteiger partial charge on any atom is -0.365 e. The Morgan fingerprint density at radius 2 is 1.62 bits per heavy atom. The monoisotopic (exact) mass is 450 g/mol. The molecule has 168 valence electrons. The summed E-state index contributed by atoms with van der Waals surface area (Å²) in [5.74, 6) is 0.957. The van der Waals surface area contributed by atoms with Gasteiger partial charge in [-0.25, -0.2) is 8.42 Å². The molecule has 32 heavy (non-hydrogen) atoms. The van der Waals surface area contributed by atoms with Crippen molar-refractivity contribution in [1.82, 2.24) is 10.2 Å². The molecule has 0 bridgehead atoms. The number of nitrogens with zero attached hydrogens (tertiary/aromatic N) is 4. The molecule has 1 aromatic heterocycles. The zero-order valence-corrected chi connectivity index (χ0v) is 19.9. The molecule has 0 aliphatic carbocycles. The molecule has 4 rings (SSSR count). The average molecular weight is 451 g/mol. The fraction of sp³-hybridized carbons (Fsp3) is 0.360. The quantitative estimate of drug-likeness (QED) is 0.589. The van der Waals surface area contributed by atoms with Gasteiger partial charge in [0.05, 0.1) is 10.6 Å². The van der Waals surface area contributed by atoms with Crippen LogP contribution in [0.3, 0.4) is 0 Å². The Kier molecular flexibility index (Phi) is 6.20.